The van der Waals surface area contributed by atoms with Crippen molar-refractivity contribution in [3.8, 4) is 5.75 Å². The van der Waals surface area contributed by atoms with Crippen LogP contribution >= 0.6 is 27.5 Å². The summed E-state index contributed by atoms with van der Waals surface area (Å²) in [5.41, 5.74) is 3.02. The Balaban J connectivity index is 1.95. The third kappa shape index (κ3) is 4.63. The van der Waals surface area contributed by atoms with E-state index in [4.69, 9.17) is 16.6 Å². The number of phenols is 1. The van der Waals surface area contributed by atoms with E-state index in [1.54, 1.807) is 6.07 Å². The molecule has 0 amide bonds. The summed E-state index contributed by atoms with van der Waals surface area (Å²) in [5, 5.41) is 14.6. The van der Waals surface area contributed by atoms with Crippen LogP contribution in [0.2, 0.25) is 5.02 Å². The van der Waals surface area contributed by atoms with E-state index in [0.717, 1.165) is 39.2 Å². The summed E-state index contributed by atoms with van der Waals surface area (Å²) in [7, 11) is 0. The molecular formula is C20H22BrClN2O. The van der Waals surface area contributed by atoms with Gasteiger partial charge in [-0.1, -0.05) is 53.5 Å². The van der Waals surface area contributed by atoms with Crippen LogP contribution in [-0.4, -0.2) is 17.0 Å². The van der Waals surface area contributed by atoms with E-state index in [2.05, 4.69) is 35.1 Å². The van der Waals surface area contributed by atoms with Gasteiger partial charge >= 0.3 is 0 Å². The number of halogens is 2. The zero-order valence-corrected chi connectivity index (χ0v) is 16.7. The van der Waals surface area contributed by atoms with Crippen molar-refractivity contribution in [3.63, 3.8) is 0 Å². The van der Waals surface area contributed by atoms with E-state index in [1.807, 2.05) is 36.4 Å². The number of aliphatic imine (C=N–C) groups is 1. The molecule has 0 saturated carbocycles. The zero-order valence-electron chi connectivity index (χ0n) is 14.3. The van der Waals surface area contributed by atoms with Gasteiger partial charge in [0.05, 0.1) is 0 Å². The molecular weight excluding hydrogens is 400 g/mol. The van der Waals surface area contributed by atoms with Gasteiger partial charge in [-0.3, -0.25) is 10.3 Å². The smallest absolute Gasteiger partial charge is 0.120 e. The van der Waals surface area contributed by atoms with Crippen molar-refractivity contribution in [2.24, 2.45) is 10.9 Å². The van der Waals surface area contributed by atoms with Crippen molar-refractivity contribution >= 4 is 33.2 Å². The van der Waals surface area contributed by atoms with Crippen LogP contribution < -0.4 is 5.32 Å². The molecule has 2 unspecified atom stereocenters. The second-order valence-corrected chi connectivity index (χ2v) is 8.21. The van der Waals surface area contributed by atoms with Crippen LogP contribution in [0, 0.1) is 5.92 Å². The minimum Gasteiger partial charge on any atom is -0.508 e. The maximum atomic E-state index is 10.3. The van der Waals surface area contributed by atoms with Crippen molar-refractivity contribution in [1.29, 1.82) is 0 Å². The van der Waals surface area contributed by atoms with Crippen molar-refractivity contribution in [3.05, 3.63) is 63.1 Å². The van der Waals surface area contributed by atoms with Gasteiger partial charge in [-0.2, -0.15) is 0 Å². The van der Waals surface area contributed by atoms with Crippen LogP contribution in [0.3, 0.4) is 0 Å². The summed E-state index contributed by atoms with van der Waals surface area (Å²) >= 11 is 9.52. The molecule has 132 valence electrons. The molecule has 5 heteroatoms. The lowest BCUT2D eigenvalue weighted by Gasteiger charge is -2.31. The molecule has 2 aromatic rings. The van der Waals surface area contributed by atoms with Crippen molar-refractivity contribution in [2.75, 3.05) is 0 Å². The number of rotatable bonds is 4. The largest absolute Gasteiger partial charge is 0.508 e. The molecule has 0 bridgehead atoms. The highest BCUT2D eigenvalue weighted by molar-refractivity contribution is 9.10. The molecule has 0 spiro atoms. The first kappa shape index (κ1) is 18.4. The van der Waals surface area contributed by atoms with Gasteiger partial charge in [0.15, 0.2) is 0 Å². The maximum absolute atomic E-state index is 10.3. The molecule has 2 N–H and O–H groups in total. The molecule has 25 heavy (non-hydrogen) atoms. The third-order valence-corrected chi connectivity index (χ3v) is 5.09. The van der Waals surface area contributed by atoms with Crippen molar-refractivity contribution in [2.45, 2.75) is 38.9 Å². The van der Waals surface area contributed by atoms with Gasteiger partial charge in [-0.05, 0) is 48.2 Å². The van der Waals surface area contributed by atoms with Gasteiger partial charge in [0.25, 0.3) is 0 Å². The Morgan fingerprint density at radius 1 is 1.24 bits per heavy atom. The molecule has 1 aliphatic rings. The van der Waals surface area contributed by atoms with Crippen LogP contribution in [0.25, 0.3) is 0 Å². The number of nitrogens with one attached hydrogen (secondary N) is 1. The molecule has 0 fully saturated rings. The Kier molecular flexibility index (Phi) is 5.82. The predicted molar refractivity (Wildman–Crippen MR) is 108 cm³/mol. The third-order valence-electron chi connectivity index (χ3n) is 4.34. The molecule has 1 aliphatic heterocycles. The van der Waals surface area contributed by atoms with Gasteiger partial charge in [-0.25, -0.2) is 0 Å². The normalized spacial score (nSPS) is 20.6. The second-order valence-electron chi connectivity index (χ2n) is 6.85. The van der Waals surface area contributed by atoms with Gasteiger partial charge in [0.2, 0.25) is 0 Å². The SMILES string of the molecule is CC(C)CC1N=C(c2ccc(Cl)cc2)CC(c2cc(Br)ccc2O)N1. The monoisotopic (exact) mass is 420 g/mol. The fourth-order valence-electron chi connectivity index (χ4n) is 3.17. The summed E-state index contributed by atoms with van der Waals surface area (Å²) in [4.78, 5) is 4.92. The Bertz CT molecular complexity index is 774. The van der Waals surface area contributed by atoms with E-state index in [9.17, 15) is 5.11 Å². The van der Waals surface area contributed by atoms with Gasteiger partial charge in [0.1, 0.15) is 11.9 Å². The minimum atomic E-state index is 0.0180. The Hall–Kier alpha value is -1.36. The number of nitrogens with zero attached hydrogens (tertiary/aromatic N) is 1. The van der Waals surface area contributed by atoms with Crippen LogP contribution in [0.4, 0.5) is 0 Å². The Morgan fingerprint density at radius 2 is 1.96 bits per heavy atom. The topological polar surface area (TPSA) is 44.6 Å². The molecule has 2 atom stereocenters. The fourth-order valence-corrected chi connectivity index (χ4v) is 3.67. The molecule has 1 heterocycles. The lowest BCUT2D eigenvalue weighted by Crippen LogP contribution is -2.39. The summed E-state index contributed by atoms with van der Waals surface area (Å²) in [6, 6.07) is 13.4. The molecule has 2 aromatic carbocycles. The number of phenolic OH excluding ortho intramolecular Hbond substituents is 1. The number of benzene rings is 2. The summed E-state index contributed by atoms with van der Waals surface area (Å²) < 4.78 is 0.957. The lowest BCUT2D eigenvalue weighted by molar-refractivity contribution is 0.363. The summed E-state index contributed by atoms with van der Waals surface area (Å²) in [6.07, 6.45) is 1.70. The van der Waals surface area contributed by atoms with Crippen molar-refractivity contribution in [1.82, 2.24) is 5.32 Å². The lowest BCUT2D eigenvalue weighted by atomic mass is 9.93. The first-order valence-electron chi connectivity index (χ1n) is 8.49. The number of hydrogen-bond donors (Lipinski definition) is 2. The summed E-state index contributed by atoms with van der Waals surface area (Å²) in [6.45, 7) is 4.39. The second kappa shape index (κ2) is 7.90. The highest BCUT2D eigenvalue weighted by Gasteiger charge is 2.27. The summed E-state index contributed by atoms with van der Waals surface area (Å²) in [5.74, 6) is 0.837. The Morgan fingerprint density at radius 3 is 2.64 bits per heavy atom. The van der Waals surface area contributed by atoms with Gasteiger partial charge < -0.3 is 5.11 Å². The number of hydrogen-bond acceptors (Lipinski definition) is 3. The molecule has 0 saturated heterocycles. The average Bonchev–Trinajstić information content (AvgIpc) is 2.57. The highest BCUT2D eigenvalue weighted by Crippen LogP contribution is 2.33. The first-order valence-corrected chi connectivity index (χ1v) is 9.66. The van der Waals surface area contributed by atoms with Gasteiger partial charge in [-0.15, -0.1) is 0 Å². The Labute approximate surface area is 162 Å². The van der Waals surface area contributed by atoms with Crippen LogP contribution in [0.15, 0.2) is 51.9 Å². The average molecular weight is 422 g/mol. The van der Waals surface area contributed by atoms with E-state index < -0.39 is 0 Å². The minimum absolute atomic E-state index is 0.0180. The van der Waals surface area contributed by atoms with Crippen LogP contribution in [0.1, 0.15) is 43.9 Å². The van der Waals surface area contributed by atoms with Crippen molar-refractivity contribution < 1.29 is 5.11 Å². The van der Waals surface area contributed by atoms with E-state index in [-0.39, 0.29) is 12.2 Å². The molecule has 3 nitrogen and oxygen atoms in total. The standard InChI is InChI=1S/C20H22BrClN2O/c1-12(2)9-20-23-17(13-3-6-15(22)7-4-13)11-18(24-20)16-10-14(21)5-8-19(16)25/h3-8,10,12,18,20,24-25H,9,11H2,1-2H3. The molecule has 0 aliphatic carbocycles. The van der Waals surface area contributed by atoms with E-state index in [0.29, 0.717) is 11.7 Å². The molecule has 0 aromatic heterocycles. The fraction of sp³-hybridized carbons (Fsp3) is 0.350. The van der Waals surface area contributed by atoms with E-state index >= 15 is 0 Å². The van der Waals surface area contributed by atoms with Crippen LogP contribution in [0.5, 0.6) is 5.75 Å². The number of aromatic hydroxyl groups is 1. The maximum Gasteiger partial charge on any atom is 0.120 e. The molecule has 3 rings (SSSR count). The van der Waals surface area contributed by atoms with Crippen LogP contribution in [-0.2, 0) is 0 Å². The van der Waals surface area contributed by atoms with Gasteiger partial charge in [0, 0.05) is 33.2 Å². The predicted octanol–water partition coefficient (Wildman–Crippen LogP) is 5.70. The molecule has 0 radical (unpaired) electrons. The zero-order chi connectivity index (χ0) is 18.0. The first-order chi connectivity index (χ1) is 11.9. The van der Waals surface area contributed by atoms with E-state index in [1.165, 1.54) is 0 Å². The highest BCUT2D eigenvalue weighted by atomic mass is 79.9. The quantitative estimate of drug-likeness (QED) is 0.664.